The number of aliphatic hydroxyl groups is 1. The van der Waals surface area contributed by atoms with Crippen LogP contribution in [0.4, 0.5) is 14.5 Å². The molecule has 98 valence electrons. The number of amides is 1. The topological polar surface area (TPSA) is 49.8 Å². The van der Waals surface area contributed by atoms with Gasteiger partial charge in [-0.15, -0.1) is 0 Å². The molecule has 4 nitrogen and oxygen atoms in total. The number of hydrogen-bond acceptors (Lipinski definition) is 3. The van der Waals surface area contributed by atoms with Gasteiger partial charge in [0.15, 0.2) is 11.6 Å². The lowest BCUT2D eigenvalue weighted by atomic mass is 9.85. The number of carbonyl (C=O) groups excluding carboxylic acids is 1. The summed E-state index contributed by atoms with van der Waals surface area (Å²) < 4.78 is 30.8. The Labute approximate surface area is 103 Å². The summed E-state index contributed by atoms with van der Waals surface area (Å²) in [5.41, 5.74) is -0.724. The van der Waals surface area contributed by atoms with Crippen molar-refractivity contribution in [3.63, 3.8) is 0 Å². The Hall–Kier alpha value is -1.53. The first-order valence-electron chi connectivity index (χ1n) is 5.42. The molecule has 1 saturated heterocycles. The van der Waals surface area contributed by atoms with Crippen molar-refractivity contribution in [3.05, 3.63) is 29.8 Å². The number of benzene rings is 1. The third-order valence-electron chi connectivity index (χ3n) is 3.11. The lowest BCUT2D eigenvalue weighted by Crippen LogP contribution is -2.56. The summed E-state index contributed by atoms with van der Waals surface area (Å²) in [6.07, 6.45) is 0. The molecule has 6 heteroatoms. The van der Waals surface area contributed by atoms with Crippen molar-refractivity contribution in [2.24, 2.45) is 5.41 Å². The quantitative estimate of drug-likeness (QED) is 0.876. The van der Waals surface area contributed by atoms with Gasteiger partial charge in [0.25, 0.3) is 0 Å². The maximum Gasteiger partial charge on any atom is 0.239 e. The molecule has 0 bridgehead atoms. The molecule has 0 aromatic heterocycles. The second-order valence-electron chi connectivity index (χ2n) is 4.39. The van der Waals surface area contributed by atoms with Crippen LogP contribution < -0.4 is 4.90 Å². The Balaban J connectivity index is 2.22. The van der Waals surface area contributed by atoms with Crippen LogP contribution in [0.2, 0.25) is 0 Å². The van der Waals surface area contributed by atoms with E-state index in [4.69, 9.17) is 4.74 Å². The van der Waals surface area contributed by atoms with Crippen LogP contribution in [0.3, 0.4) is 0 Å². The number of carbonyl (C=O) groups is 1. The van der Waals surface area contributed by atoms with Crippen LogP contribution in [0, 0.1) is 17.0 Å². The molecule has 1 aromatic carbocycles. The first-order chi connectivity index (χ1) is 8.50. The largest absolute Gasteiger partial charge is 0.395 e. The molecule has 1 aliphatic heterocycles. The summed E-state index contributed by atoms with van der Waals surface area (Å²) in [5, 5.41) is 9.24. The Kier molecular flexibility index (Phi) is 3.32. The van der Waals surface area contributed by atoms with E-state index in [0.29, 0.717) is 0 Å². The molecule has 18 heavy (non-hydrogen) atoms. The predicted octanol–water partition coefficient (Wildman–Crippen LogP) is 0.936. The van der Waals surface area contributed by atoms with Crippen LogP contribution in [-0.4, -0.2) is 37.9 Å². The molecular formula is C12H13F2NO3. The van der Waals surface area contributed by atoms with E-state index in [1.165, 1.54) is 18.0 Å². The van der Waals surface area contributed by atoms with Crippen LogP contribution in [-0.2, 0) is 9.53 Å². The van der Waals surface area contributed by atoms with Gasteiger partial charge in [-0.1, -0.05) is 0 Å². The highest BCUT2D eigenvalue weighted by molar-refractivity contribution is 5.98. The van der Waals surface area contributed by atoms with E-state index < -0.39 is 17.0 Å². The Bertz CT molecular complexity index is 469. The van der Waals surface area contributed by atoms with Crippen molar-refractivity contribution in [1.29, 1.82) is 0 Å². The number of rotatable bonds is 3. The monoisotopic (exact) mass is 257 g/mol. The van der Waals surface area contributed by atoms with Crippen molar-refractivity contribution in [1.82, 2.24) is 0 Å². The standard InChI is InChI=1S/C12H13F2NO3/c1-15(8-2-3-9(13)10(14)4-8)11(17)12(5-16)6-18-7-12/h2-4,16H,5-7H2,1H3. The zero-order valence-corrected chi connectivity index (χ0v) is 9.82. The van der Waals surface area contributed by atoms with Gasteiger partial charge in [-0.2, -0.15) is 0 Å². The van der Waals surface area contributed by atoms with Gasteiger partial charge in [0.2, 0.25) is 5.91 Å². The van der Waals surface area contributed by atoms with E-state index in [-0.39, 0.29) is 31.4 Å². The zero-order valence-electron chi connectivity index (χ0n) is 9.82. The van der Waals surface area contributed by atoms with Gasteiger partial charge in [-0.25, -0.2) is 8.78 Å². The van der Waals surface area contributed by atoms with Gasteiger partial charge in [0, 0.05) is 18.8 Å². The van der Waals surface area contributed by atoms with Crippen molar-refractivity contribution in [2.45, 2.75) is 0 Å². The van der Waals surface area contributed by atoms with Crippen LogP contribution in [0.1, 0.15) is 0 Å². The number of anilines is 1. The fourth-order valence-electron chi connectivity index (χ4n) is 1.80. The number of hydrogen-bond donors (Lipinski definition) is 1. The average molecular weight is 257 g/mol. The average Bonchev–Trinajstić information content (AvgIpc) is 2.31. The maximum atomic E-state index is 13.1. The van der Waals surface area contributed by atoms with E-state index in [1.54, 1.807) is 0 Å². The van der Waals surface area contributed by atoms with Gasteiger partial charge in [0.1, 0.15) is 5.41 Å². The smallest absolute Gasteiger partial charge is 0.239 e. The normalized spacial score (nSPS) is 17.1. The van der Waals surface area contributed by atoms with E-state index in [1.807, 2.05) is 0 Å². The van der Waals surface area contributed by atoms with Crippen LogP contribution in [0.25, 0.3) is 0 Å². The maximum absolute atomic E-state index is 13.1. The SMILES string of the molecule is CN(C(=O)C1(CO)COC1)c1ccc(F)c(F)c1. The molecule has 1 N–H and O–H groups in total. The minimum Gasteiger partial charge on any atom is -0.395 e. The highest BCUT2D eigenvalue weighted by Gasteiger charge is 2.47. The number of ether oxygens (including phenoxy) is 1. The Morgan fingerprint density at radius 3 is 2.56 bits per heavy atom. The minimum atomic E-state index is -1.02. The summed E-state index contributed by atoms with van der Waals surface area (Å²) in [6, 6.07) is 3.20. The Morgan fingerprint density at radius 1 is 1.44 bits per heavy atom. The fraction of sp³-hybridized carbons (Fsp3) is 0.417. The van der Waals surface area contributed by atoms with Gasteiger partial charge >= 0.3 is 0 Å². The van der Waals surface area contributed by atoms with E-state index in [9.17, 15) is 18.7 Å². The summed E-state index contributed by atoms with van der Waals surface area (Å²) in [4.78, 5) is 13.3. The highest BCUT2D eigenvalue weighted by atomic mass is 19.2. The van der Waals surface area contributed by atoms with Crippen LogP contribution in [0.5, 0.6) is 0 Å². The van der Waals surface area contributed by atoms with Crippen molar-refractivity contribution in [3.8, 4) is 0 Å². The van der Waals surface area contributed by atoms with Crippen LogP contribution >= 0.6 is 0 Å². The van der Waals surface area contributed by atoms with Crippen molar-refractivity contribution < 1.29 is 23.4 Å². The van der Waals surface area contributed by atoms with E-state index >= 15 is 0 Å². The lowest BCUT2D eigenvalue weighted by molar-refractivity contribution is -0.166. The van der Waals surface area contributed by atoms with Crippen molar-refractivity contribution >= 4 is 11.6 Å². The molecule has 1 amide bonds. The number of aliphatic hydroxyl groups excluding tert-OH is 1. The number of nitrogens with zero attached hydrogens (tertiary/aromatic N) is 1. The molecular weight excluding hydrogens is 244 g/mol. The molecule has 1 aromatic rings. The van der Waals surface area contributed by atoms with E-state index in [0.717, 1.165) is 12.1 Å². The molecule has 0 atom stereocenters. The predicted molar refractivity (Wildman–Crippen MR) is 60.1 cm³/mol. The van der Waals surface area contributed by atoms with E-state index in [2.05, 4.69) is 0 Å². The first kappa shape index (κ1) is 12.9. The fourth-order valence-corrected chi connectivity index (χ4v) is 1.80. The summed E-state index contributed by atoms with van der Waals surface area (Å²) in [5.74, 6) is -2.36. The van der Waals surface area contributed by atoms with Gasteiger partial charge in [0.05, 0.1) is 19.8 Å². The highest BCUT2D eigenvalue weighted by Crippen LogP contribution is 2.31. The molecule has 2 rings (SSSR count). The van der Waals surface area contributed by atoms with Gasteiger partial charge in [-0.05, 0) is 12.1 Å². The molecule has 1 aliphatic rings. The summed E-state index contributed by atoms with van der Waals surface area (Å²) in [6.45, 7) is -0.0629. The first-order valence-corrected chi connectivity index (χ1v) is 5.42. The molecule has 1 fully saturated rings. The third-order valence-corrected chi connectivity index (χ3v) is 3.11. The summed E-state index contributed by atoms with van der Waals surface area (Å²) in [7, 11) is 1.45. The van der Waals surface area contributed by atoms with Crippen molar-refractivity contribution in [2.75, 3.05) is 31.8 Å². The molecule has 0 saturated carbocycles. The second-order valence-corrected chi connectivity index (χ2v) is 4.39. The summed E-state index contributed by atoms with van der Waals surface area (Å²) >= 11 is 0. The zero-order chi connectivity index (χ0) is 13.3. The minimum absolute atomic E-state index is 0.135. The number of halogens is 2. The van der Waals surface area contributed by atoms with Crippen LogP contribution in [0.15, 0.2) is 18.2 Å². The lowest BCUT2D eigenvalue weighted by Gasteiger charge is -2.40. The molecule has 0 unspecified atom stereocenters. The third kappa shape index (κ3) is 1.97. The van der Waals surface area contributed by atoms with Gasteiger partial charge in [-0.3, -0.25) is 4.79 Å². The van der Waals surface area contributed by atoms with Gasteiger partial charge < -0.3 is 14.7 Å². The molecule has 0 radical (unpaired) electrons. The Morgan fingerprint density at radius 2 is 2.11 bits per heavy atom. The molecule has 0 aliphatic carbocycles. The second kappa shape index (κ2) is 4.62. The molecule has 0 spiro atoms. The molecule has 1 heterocycles.